The summed E-state index contributed by atoms with van der Waals surface area (Å²) in [5.41, 5.74) is 2.02. The smallest absolute Gasteiger partial charge is 0.251 e. The fourth-order valence-electron chi connectivity index (χ4n) is 3.59. The molecule has 2 aromatic rings. The monoisotopic (exact) mass is 410 g/mol. The lowest BCUT2D eigenvalue weighted by atomic mass is 10.1. The number of rotatable bonds is 8. The zero-order valence-electron chi connectivity index (χ0n) is 17.9. The van der Waals surface area contributed by atoms with Crippen LogP contribution in [0.15, 0.2) is 42.5 Å². The SMILES string of the molecule is CCC(=O)Nc1cccc(C(=O)NC(C)c2ccc(OC3CCCC3)c(OC)c2)c1. The predicted octanol–water partition coefficient (Wildman–Crippen LogP) is 4.86. The quantitative estimate of drug-likeness (QED) is 0.652. The third kappa shape index (κ3) is 5.53. The molecular weight excluding hydrogens is 380 g/mol. The number of carbonyl (C=O) groups excluding carboxylic acids is 2. The van der Waals surface area contributed by atoms with Crippen LogP contribution in [0.1, 0.15) is 67.9 Å². The van der Waals surface area contributed by atoms with Gasteiger partial charge in [-0.1, -0.05) is 19.1 Å². The van der Waals surface area contributed by atoms with Crippen molar-refractivity contribution in [1.29, 1.82) is 0 Å². The van der Waals surface area contributed by atoms with Crippen molar-refractivity contribution in [2.45, 2.75) is 58.1 Å². The maximum atomic E-state index is 12.7. The van der Waals surface area contributed by atoms with E-state index in [9.17, 15) is 9.59 Å². The van der Waals surface area contributed by atoms with E-state index in [2.05, 4.69) is 10.6 Å². The number of benzene rings is 2. The molecule has 0 aromatic heterocycles. The van der Waals surface area contributed by atoms with Gasteiger partial charge >= 0.3 is 0 Å². The summed E-state index contributed by atoms with van der Waals surface area (Å²) in [6.07, 6.45) is 5.21. The Morgan fingerprint density at radius 1 is 1.10 bits per heavy atom. The lowest BCUT2D eigenvalue weighted by Crippen LogP contribution is -2.26. The van der Waals surface area contributed by atoms with Gasteiger partial charge in [0.25, 0.3) is 5.91 Å². The summed E-state index contributed by atoms with van der Waals surface area (Å²) in [7, 11) is 1.62. The topological polar surface area (TPSA) is 76.7 Å². The molecule has 0 radical (unpaired) electrons. The number of methoxy groups -OCH3 is 1. The first-order chi connectivity index (χ1) is 14.5. The highest BCUT2D eigenvalue weighted by Gasteiger charge is 2.20. The van der Waals surface area contributed by atoms with E-state index in [1.165, 1.54) is 12.8 Å². The van der Waals surface area contributed by atoms with Crippen LogP contribution >= 0.6 is 0 Å². The second kappa shape index (κ2) is 10.1. The van der Waals surface area contributed by atoms with Gasteiger partial charge in [0.1, 0.15) is 0 Å². The van der Waals surface area contributed by atoms with Crippen LogP contribution < -0.4 is 20.1 Å². The summed E-state index contributed by atoms with van der Waals surface area (Å²) in [6, 6.07) is 12.5. The van der Waals surface area contributed by atoms with E-state index in [4.69, 9.17) is 9.47 Å². The summed E-state index contributed by atoms with van der Waals surface area (Å²) >= 11 is 0. The van der Waals surface area contributed by atoms with Crippen LogP contribution in [0.3, 0.4) is 0 Å². The minimum Gasteiger partial charge on any atom is -0.493 e. The predicted molar refractivity (Wildman–Crippen MR) is 117 cm³/mol. The average molecular weight is 411 g/mol. The van der Waals surface area contributed by atoms with Crippen molar-refractivity contribution in [1.82, 2.24) is 5.32 Å². The number of amides is 2. The lowest BCUT2D eigenvalue weighted by Gasteiger charge is -2.19. The lowest BCUT2D eigenvalue weighted by molar-refractivity contribution is -0.115. The molecule has 6 nitrogen and oxygen atoms in total. The Morgan fingerprint density at radius 3 is 2.57 bits per heavy atom. The van der Waals surface area contributed by atoms with Crippen LogP contribution in [-0.4, -0.2) is 25.0 Å². The Hall–Kier alpha value is -3.02. The van der Waals surface area contributed by atoms with Gasteiger partial charge in [-0.05, 0) is 68.5 Å². The van der Waals surface area contributed by atoms with Crippen LogP contribution in [0.4, 0.5) is 5.69 Å². The van der Waals surface area contributed by atoms with Gasteiger partial charge in [-0.2, -0.15) is 0 Å². The highest BCUT2D eigenvalue weighted by Crippen LogP contribution is 2.33. The molecule has 0 aliphatic heterocycles. The number of anilines is 1. The summed E-state index contributed by atoms with van der Waals surface area (Å²) in [5.74, 6) is 1.11. The molecule has 2 aromatic carbocycles. The highest BCUT2D eigenvalue weighted by atomic mass is 16.5. The minimum absolute atomic E-state index is 0.0899. The first kappa shape index (κ1) is 21.7. The number of hydrogen-bond acceptors (Lipinski definition) is 4. The Labute approximate surface area is 178 Å². The number of carbonyl (C=O) groups is 2. The van der Waals surface area contributed by atoms with Crippen molar-refractivity contribution in [3.8, 4) is 11.5 Å². The van der Waals surface area contributed by atoms with Crippen molar-refractivity contribution in [3.63, 3.8) is 0 Å². The van der Waals surface area contributed by atoms with E-state index in [-0.39, 0.29) is 24.0 Å². The Balaban J connectivity index is 1.67. The molecule has 0 bridgehead atoms. The molecule has 1 fully saturated rings. The zero-order chi connectivity index (χ0) is 21.5. The van der Waals surface area contributed by atoms with Crippen LogP contribution in [0, 0.1) is 0 Å². The van der Waals surface area contributed by atoms with Gasteiger partial charge < -0.3 is 20.1 Å². The van der Waals surface area contributed by atoms with Gasteiger partial charge in [0.2, 0.25) is 5.91 Å². The van der Waals surface area contributed by atoms with Crippen LogP contribution in [-0.2, 0) is 4.79 Å². The van der Waals surface area contributed by atoms with Gasteiger partial charge in [-0.15, -0.1) is 0 Å². The van der Waals surface area contributed by atoms with Crippen molar-refractivity contribution in [3.05, 3.63) is 53.6 Å². The molecule has 1 aliphatic rings. The molecule has 30 heavy (non-hydrogen) atoms. The molecule has 160 valence electrons. The normalized spacial score (nSPS) is 14.8. The van der Waals surface area contributed by atoms with E-state index in [0.29, 0.717) is 23.4 Å². The largest absolute Gasteiger partial charge is 0.493 e. The first-order valence-corrected chi connectivity index (χ1v) is 10.6. The number of hydrogen-bond donors (Lipinski definition) is 2. The molecule has 6 heteroatoms. The molecule has 0 saturated heterocycles. The van der Waals surface area contributed by atoms with Gasteiger partial charge in [-0.25, -0.2) is 0 Å². The van der Waals surface area contributed by atoms with Crippen molar-refractivity contribution >= 4 is 17.5 Å². The molecule has 0 heterocycles. The molecular formula is C24H30N2O4. The molecule has 0 spiro atoms. The van der Waals surface area contributed by atoms with Gasteiger partial charge in [0.05, 0.1) is 19.3 Å². The molecule has 1 atom stereocenters. The number of nitrogens with one attached hydrogen (secondary N) is 2. The maximum absolute atomic E-state index is 12.7. The summed E-state index contributed by atoms with van der Waals surface area (Å²) in [5, 5.41) is 5.78. The van der Waals surface area contributed by atoms with Crippen LogP contribution in [0.5, 0.6) is 11.5 Å². The molecule has 2 amide bonds. The van der Waals surface area contributed by atoms with Crippen molar-refractivity contribution in [2.24, 2.45) is 0 Å². The van der Waals surface area contributed by atoms with Crippen LogP contribution in [0.2, 0.25) is 0 Å². The van der Waals surface area contributed by atoms with E-state index >= 15 is 0 Å². The van der Waals surface area contributed by atoms with E-state index in [0.717, 1.165) is 24.2 Å². The second-order valence-electron chi connectivity index (χ2n) is 7.61. The minimum atomic E-state index is -0.221. The third-order valence-corrected chi connectivity index (χ3v) is 5.36. The Kier molecular flexibility index (Phi) is 7.33. The molecule has 3 rings (SSSR count). The molecule has 1 saturated carbocycles. The van der Waals surface area contributed by atoms with E-state index in [1.54, 1.807) is 38.3 Å². The standard InChI is InChI=1S/C24H30N2O4/c1-4-23(27)26-19-9-7-8-18(14-19)24(28)25-16(2)17-12-13-21(22(15-17)29-3)30-20-10-5-6-11-20/h7-9,12-16,20H,4-6,10-11H2,1-3H3,(H,25,28)(H,26,27). The fourth-order valence-corrected chi connectivity index (χ4v) is 3.59. The third-order valence-electron chi connectivity index (χ3n) is 5.36. The summed E-state index contributed by atoms with van der Waals surface area (Å²) < 4.78 is 11.6. The van der Waals surface area contributed by atoms with Gasteiger partial charge in [0.15, 0.2) is 11.5 Å². The van der Waals surface area contributed by atoms with Crippen molar-refractivity contribution in [2.75, 3.05) is 12.4 Å². The van der Waals surface area contributed by atoms with E-state index in [1.807, 2.05) is 25.1 Å². The second-order valence-corrected chi connectivity index (χ2v) is 7.61. The Bertz CT molecular complexity index is 891. The van der Waals surface area contributed by atoms with Crippen LogP contribution in [0.25, 0.3) is 0 Å². The van der Waals surface area contributed by atoms with Crippen molar-refractivity contribution < 1.29 is 19.1 Å². The van der Waals surface area contributed by atoms with E-state index < -0.39 is 0 Å². The zero-order valence-corrected chi connectivity index (χ0v) is 17.9. The summed E-state index contributed by atoms with van der Waals surface area (Å²) in [6.45, 7) is 3.71. The fraction of sp³-hybridized carbons (Fsp3) is 0.417. The number of ether oxygens (including phenoxy) is 2. The highest BCUT2D eigenvalue weighted by molar-refractivity contribution is 5.97. The summed E-state index contributed by atoms with van der Waals surface area (Å²) in [4.78, 5) is 24.3. The first-order valence-electron chi connectivity index (χ1n) is 10.6. The average Bonchev–Trinajstić information content (AvgIpc) is 3.27. The van der Waals surface area contributed by atoms with Gasteiger partial charge in [0, 0.05) is 17.7 Å². The molecule has 2 N–H and O–H groups in total. The molecule has 1 aliphatic carbocycles. The Morgan fingerprint density at radius 2 is 1.87 bits per heavy atom. The molecule has 1 unspecified atom stereocenters. The maximum Gasteiger partial charge on any atom is 0.251 e. The van der Waals surface area contributed by atoms with Gasteiger partial charge in [-0.3, -0.25) is 9.59 Å².